The SMILES string of the molecule is Cc1nc2c(ccn2[C@@H]2O[C@@H]3COP(=O)(O)O[C@@H]4C(O)[C@H](n5ccc6c(N)ncnc65)O[C@@H]4COP(O)(=S)O[C@H]2C3O)c(=O)[nH]1.Nc1nc2c(ccn2[C@@H]2O[C@@H]3COP(=O)(S)O[C@H]4C(O)[C@@H](COP(=O)(O)O[C@@H]3C2O)O[C@H]4n2ccc3c(N)ccnc32)c(=O)[nH]1. The highest BCUT2D eigenvalue weighted by Gasteiger charge is 2.56. The van der Waals surface area contributed by atoms with E-state index in [0.717, 1.165) is 0 Å². The summed E-state index contributed by atoms with van der Waals surface area (Å²) in [5.41, 5.74) is 18.0. The molecule has 15 N–H and O–H groups in total. The highest BCUT2D eigenvalue weighted by atomic mass is 32.7. The number of aromatic nitrogens is 11. The average molecular weight is 1380 g/mol. The zero-order valence-electron chi connectivity index (χ0n) is 45.9. The fraction of sp³-hybridized carbons (Fsp3) is 0.457. The Kier molecular flexibility index (Phi) is 16.7. The number of nitrogens with one attached hydrogen (secondary N) is 2. The minimum absolute atomic E-state index is 0.0455. The smallest absolute Gasteiger partial charge is 0.398 e. The van der Waals surface area contributed by atoms with E-state index in [4.69, 9.17) is 84.1 Å². The monoisotopic (exact) mass is 1370 g/mol. The summed E-state index contributed by atoms with van der Waals surface area (Å²) in [7, 11) is -9.96. The number of phosphoric acid groups is 2. The number of rotatable bonds is 4. The zero-order valence-corrected chi connectivity index (χ0v) is 51.2. The summed E-state index contributed by atoms with van der Waals surface area (Å²) in [6.07, 6.45) is -13.9. The van der Waals surface area contributed by atoms with Gasteiger partial charge in [-0.2, -0.15) is 4.98 Å². The second-order valence-corrected chi connectivity index (χ2v) is 29.6. The number of hydrogen-bond acceptors (Lipinski definition) is 30. The zero-order chi connectivity index (χ0) is 63.7. The van der Waals surface area contributed by atoms with Crippen LogP contribution < -0.4 is 28.3 Å². The molecule has 6 saturated heterocycles. The molecule has 0 aromatic carbocycles. The van der Waals surface area contributed by atoms with E-state index in [1.54, 1.807) is 31.3 Å². The minimum atomic E-state index is -4.99. The normalized spacial score (nSPS) is 37.7. The number of anilines is 3. The molecule has 0 radical (unpaired) electrons. The lowest BCUT2D eigenvalue weighted by molar-refractivity contribution is -0.0634. The van der Waals surface area contributed by atoms with Crippen molar-refractivity contribution in [3.05, 3.63) is 94.2 Å². The first-order valence-corrected chi connectivity index (χ1v) is 35.1. The molecule has 484 valence electrons. The molecule has 8 aromatic rings. The average Bonchev–Trinajstić information content (AvgIpc) is 1.66. The van der Waals surface area contributed by atoms with Crippen LogP contribution in [0.15, 0.2) is 77.2 Å². The molecule has 38 nitrogen and oxygen atoms in total. The molecule has 14 rings (SSSR count). The van der Waals surface area contributed by atoms with Crippen LogP contribution in [0, 0.1) is 6.92 Å². The number of thiol groups is 1. The highest BCUT2D eigenvalue weighted by molar-refractivity contribution is 8.44. The number of phosphoric ester groups is 2. The largest absolute Gasteiger partial charge is 0.472 e. The van der Waals surface area contributed by atoms with Crippen LogP contribution in [0.4, 0.5) is 17.5 Å². The Bertz CT molecular complexity index is 4420. The Balaban J connectivity index is 0.000000165. The lowest BCUT2D eigenvalue weighted by Gasteiger charge is -2.27. The number of aryl methyl sites for hydroxylation is 1. The second-order valence-electron chi connectivity index (χ2n) is 21.2. The molecule has 0 aliphatic carbocycles. The number of nitrogen functional groups attached to an aromatic ring is 3. The number of aliphatic hydroxyl groups excluding tert-OH is 4. The molecule has 90 heavy (non-hydrogen) atoms. The predicted octanol–water partition coefficient (Wildman–Crippen LogP) is 0.122. The number of fused-ring (bicyclic) bond motifs is 10. The number of nitrogens with two attached hydrogens (primary N) is 3. The summed E-state index contributed by atoms with van der Waals surface area (Å²) in [5.74, 6) is 0.283. The number of hydrogen-bond donors (Lipinski definition) is 13. The van der Waals surface area contributed by atoms with Gasteiger partial charge in [0.1, 0.15) is 108 Å². The molecular weight excluding hydrogens is 1320 g/mol. The van der Waals surface area contributed by atoms with E-state index >= 15 is 0 Å². The van der Waals surface area contributed by atoms with Gasteiger partial charge in [-0.15, -0.1) is 0 Å². The molecule has 8 unspecified atom stereocenters. The van der Waals surface area contributed by atoms with Crippen LogP contribution in [0.5, 0.6) is 0 Å². The van der Waals surface area contributed by atoms with Crippen LogP contribution in [0.2, 0.25) is 0 Å². The lowest BCUT2D eigenvalue weighted by atomic mass is 10.1. The molecule has 8 aromatic heterocycles. The summed E-state index contributed by atoms with van der Waals surface area (Å²) >= 11 is 9.34. The van der Waals surface area contributed by atoms with Gasteiger partial charge >= 0.3 is 29.2 Å². The fourth-order valence-electron chi connectivity index (χ4n) is 11.3. The first-order valence-electron chi connectivity index (χ1n) is 26.8. The van der Waals surface area contributed by atoms with E-state index in [1.807, 2.05) is 0 Å². The van der Waals surface area contributed by atoms with Crippen LogP contribution in [0.1, 0.15) is 30.7 Å². The van der Waals surface area contributed by atoms with Gasteiger partial charge in [0.2, 0.25) is 5.95 Å². The summed E-state index contributed by atoms with van der Waals surface area (Å²) in [4.78, 5) is 83.0. The van der Waals surface area contributed by atoms with Crippen LogP contribution >= 0.6 is 41.4 Å². The van der Waals surface area contributed by atoms with Crippen LogP contribution in [0.25, 0.3) is 44.1 Å². The first-order chi connectivity index (χ1) is 42.6. The van der Waals surface area contributed by atoms with Crippen LogP contribution in [0.3, 0.4) is 0 Å². The van der Waals surface area contributed by atoms with Crippen LogP contribution in [-0.4, -0.2) is 188 Å². The van der Waals surface area contributed by atoms with E-state index in [-0.39, 0.29) is 33.8 Å². The Morgan fingerprint density at radius 1 is 0.544 bits per heavy atom. The molecule has 6 aliphatic heterocycles. The second kappa shape index (κ2) is 23.8. The molecule has 0 amide bonds. The van der Waals surface area contributed by atoms with Crippen LogP contribution in [-0.2, 0) is 80.6 Å². The number of ether oxygens (including phenoxy) is 4. The van der Waals surface area contributed by atoms with Crippen molar-refractivity contribution >= 4 is 115 Å². The summed E-state index contributed by atoms with van der Waals surface area (Å²) in [6, 6.07) is 7.75. The quantitative estimate of drug-likeness (QED) is 0.0822. The van der Waals surface area contributed by atoms with Gasteiger partial charge in [0.15, 0.2) is 30.6 Å². The van der Waals surface area contributed by atoms with Crippen molar-refractivity contribution < 1.29 is 104 Å². The van der Waals surface area contributed by atoms with Gasteiger partial charge in [-0.1, -0.05) is 12.2 Å². The Morgan fingerprint density at radius 2 is 1.01 bits per heavy atom. The Morgan fingerprint density at radius 3 is 1.61 bits per heavy atom. The molecular formula is C46H54N14O24P4S2. The standard InChI is InChI=1S/2C23H27N7O12P2S/c1-9-27-20-11(21(33)28-9)3-5-30(20)23-17-14(31)12(39-23)6-37-43(34,35)41-16-13(7-38-44(36,45)42-17)40-22(15(16)32)29-4-2-10-18(24)25-8-26-19(10)29;24-11-1-4-26-18-9(11)2-5-29(18)22-17-14(31)12(39-22)7-37-43(34,35)41-16-13(8-38-44(36,45)42-17)40-21(15(16)32)30-6-3-10-19(30)27-23(25)28-20(10)33/h2-5,8,12-17,22-23,31-32H,6-7H2,1H3,(H,34,35)(H,36,45)(H2,24,25,26)(H,27,28,33);1-6,12-17,21-22,31-32H,7-8H2,(H2,24,26)(H,34,35)(H,36,45)(H3,25,27,28,33)/t12-,13-,14?,15?,16+,17+,22-,23-,44?;12-,13-,14?,15?,16+,17+,21-,22-,44?/m11/s1. The van der Waals surface area contributed by atoms with Gasteiger partial charge < -0.3 is 99.0 Å². The van der Waals surface area contributed by atoms with Gasteiger partial charge in [-0.25, -0.2) is 33.6 Å². The van der Waals surface area contributed by atoms with E-state index < -0.39 is 165 Å². The molecule has 0 spiro atoms. The van der Waals surface area contributed by atoms with Gasteiger partial charge in [-0.05, 0) is 49.1 Å². The maximum absolute atomic E-state index is 13.5. The Labute approximate surface area is 512 Å². The van der Waals surface area contributed by atoms with Crippen molar-refractivity contribution in [1.82, 2.24) is 53.2 Å². The third kappa shape index (κ3) is 11.9. The number of pyridine rings is 1. The Hall–Kier alpha value is -5.52. The van der Waals surface area contributed by atoms with E-state index in [2.05, 4.69) is 47.1 Å². The number of aromatic amines is 2. The van der Waals surface area contributed by atoms with E-state index in [9.17, 15) is 58.4 Å². The third-order valence-corrected chi connectivity index (χ3v) is 20.6. The molecule has 6 aliphatic rings. The number of nitrogens with zero attached hydrogens (tertiary/aromatic N) is 9. The third-order valence-electron chi connectivity index (χ3n) is 15.5. The predicted molar refractivity (Wildman–Crippen MR) is 312 cm³/mol. The van der Waals surface area contributed by atoms with Crippen molar-refractivity contribution in [2.24, 2.45) is 0 Å². The molecule has 0 saturated carbocycles. The van der Waals surface area contributed by atoms with E-state index in [0.29, 0.717) is 33.6 Å². The van der Waals surface area contributed by atoms with E-state index in [1.165, 1.54) is 61.5 Å². The summed E-state index contributed by atoms with van der Waals surface area (Å²) < 4.78 is 113. The topological polar surface area (TPSA) is 532 Å². The maximum atomic E-state index is 13.5. The molecule has 4 bridgehead atoms. The summed E-state index contributed by atoms with van der Waals surface area (Å²) in [6.45, 7) is -9.60. The van der Waals surface area contributed by atoms with Crippen molar-refractivity contribution in [2.75, 3.05) is 43.6 Å². The lowest BCUT2D eigenvalue weighted by Crippen LogP contribution is -2.36. The molecule has 6 fully saturated rings. The minimum Gasteiger partial charge on any atom is -0.398 e. The fourth-order valence-corrected chi connectivity index (χ4v) is 16.1. The van der Waals surface area contributed by atoms with Crippen molar-refractivity contribution in [3.63, 3.8) is 0 Å². The van der Waals surface area contributed by atoms with Crippen molar-refractivity contribution in [3.8, 4) is 0 Å². The summed E-state index contributed by atoms with van der Waals surface area (Å²) in [5, 5.41) is 46.1. The van der Waals surface area contributed by atoms with Crippen molar-refractivity contribution in [2.45, 2.75) is 105 Å². The number of H-pyrrole nitrogens is 2. The van der Waals surface area contributed by atoms with Gasteiger partial charge in [0, 0.05) is 42.1 Å². The molecule has 20 atom stereocenters. The van der Waals surface area contributed by atoms with Gasteiger partial charge in [0.05, 0.1) is 42.6 Å². The first kappa shape index (κ1) is 63.2. The van der Waals surface area contributed by atoms with Gasteiger partial charge in [-0.3, -0.25) is 46.2 Å². The number of aliphatic hydroxyl groups is 4. The highest BCUT2D eigenvalue weighted by Crippen LogP contribution is 2.59. The molecule has 14 heterocycles. The maximum Gasteiger partial charge on any atom is 0.472 e. The molecule has 44 heteroatoms. The van der Waals surface area contributed by atoms with Gasteiger partial charge in [0.25, 0.3) is 11.1 Å². The van der Waals surface area contributed by atoms with Crippen molar-refractivity contribution in [1.29, 1.82) is 0 Å².